The fourth-order valence-corrected chi connectivity index (χ4v) is 1.73. The molecule has 102 valence electrons. The van der Waals surface area contributed by atoms with Crippen LogP contribution >= 0.6 is 0 Å². The Morgan fingerprint density at radius 3 is 2.18 bits per heavy atom. The molecule has 0 aromatic rings. The second kappa shape index (κ2) is 8.54. The lowest BCUT2D eigenvalue weighted by atomic mass is 9.89. The Labute approximate surface area is 107 Å². The van der Waals surface area contributed by atoms with Gasteiger partial charge in [0.25, 0.3) is 0 Å². The highest BCUT2D eigenvalue weighted by Crippen LogP contribution is 2.22. The van der Waals surface area contributed by atoms with Gasteiger partial charge in [0.15, 0.2) is 0 Å². The summed E-state index contributed by atoms with van der Waals surface area (Å²) in [6.07, 6.45) is 6.01. The molecule has 0 unspecified atom stereocenters. The number of hydrogen-bond donors (Lipinski definition) is 0. The summed E-state index contributed by atoms with van der Waals surface area (Å²) in [5, 5.41) is 0. The van der Waals surface area contributed by atoms with E-state index < -0.39 is 0 Å². The molecule has 0 fully saturated rings. The molecule has 0 aliphatic heterocycles. The average molecular weight is 242 g/mol. The van der Waals surface area contributed by atoms with Gasteiger partial charge in [-0.05, 0) is 24.2 Å². The zero-order valence-corrected chi connectivity index (χ0v) is 12.3. The van der Waals surface area contributed by atoms with Gasteiger partial charge in [0.05, 0.1) is 6.61 Å². The zero-order valence-electron chi connectivity index (χ0n) is 12.3. The maximum absolute atomic E-state index is 11.5. The van der Waals surface area contributed by atoms with Gasteiger partial charge in [0.2, 0.25) is 0 Å². The first kappa shape index (κ1) is 16.5. The van der Waals surface area contributed by atoms with Crippen LogP contribution in [0.25, 0.3) is 0 Å². The van der Waals surface area contributed by atoms with Crippen molar-refractivity contribution in [2.45, 2.75) is 73.1 Å². The van der Waals surface area contributed by atoms with Crippen molar-refractivity contribution in [2.75, 3.05) is 6.61 Å². The van der Waals surface area contributed by atoms with Crippen molar-refractivity contribution in [1.29, 1.82) is 0 Å². The molecule has 2 heteroatoms. The number of carbonyl (C=O) groups excluding carboxylic acids is 1. The second-order valence-electron chi connectivity index (χ2n) is 6.13. The zero-order chi connectivity index (χ0) is 13.3. The number of unbranched alkanes of at least 4 members (excludes halogenated alkanes) is 1. The van der Waals surface area contributed by atoms with Crippen molar-refractivity contribution in [1.82, 2.24) is 0 Å². The Bertz CT molecular complexity index is 199. The van der Waals surface area contributed by atoms with E-state index in [1.165, 1.54) is 6.42 Å². The standard InChI is InChI=1S/C15H30O2/c1-6-13(7-2)12-17-14(16)10-8-9-11-15(3,4)5/h13H,6-12H2,1-5H3. The third kappa shape index (κ3) is 10.3. The Morgan fingerprint density at radius 2 is 1.71 bits per heavy atom. The van der Waals surface area contributed by atoms with Crippen LogP contribution in [0.1, 0.15) is 73.1 Å². The van der Waals surface area contributed by atoms with Crippen molar-refractivity contribution >= 4 is 5.97 Å². The summed E-state index contributed by atoms with van der Waals surface area (Å²) in [5.74, 6) is 0.513. The van der Waals surface area contributed by atoms with Crippen LogP contribution in [-0.2, 0) is 9.53 Å². The minimum Gasteiger partial charge on any atom is -0.465 e. The maximum Gasteiger partial charge on any atom is 0.305 e. The lowest BCUT2D eigenvalue weighted by Gasteiger charge is -2.17. The molecular weight excluding hydrogens is 212 g/mol. The molecule has 0 aliphatic carbocycles. The van der Waals surface area contributed by atoms with Crippen molar-refractivity contribution in [3.8, 4) is 0 Å². The smallest absolute Gasteiger partial charge is 0.305 e. The molecule has 0 N–H and O–H groups in total. The van der Waals surface area contributed by atoms with Crippen LogP contribution in [0.5, 0.6) is 0 Å². The van der Waals surface area contributed by atoms with Crippen molar-refractivity contribution in [3.63, 3.8) is 0 Å². The minimum absolute atomic E-state index is 0.0224. The normalized spacial score (nSPS) is 11.9. The molecule has 0 saturated carbocycles. The molecule has 0 aliphatic rings. The summed E-state index contributed by atoms with van der Waals surface area (Å²) >= 11 is 0. The van der Waals surface area contributed by atoms with Crippen LogP contribution in [0.2, 0.25) is 0 Å². The number of carbonyl (C=O) groups is 1. The summed E-state index contributed by atoms with van der Waals surface area (Å²) in [4.78, 5) is 11.5. The van der Waals surface area contributed by atoms with E-state index in [1.54, 1.807) is 0 Å². The van der Waals surface area contributed by atoms with Gasteiger partial charge >= 0.3 is 5.97 Å². The highest BCUT2D eigenvalue weighted by molar-refractivity contribution is 5.69. The average Bonchev–Trinajstić information content (AvgIpc) is 2.24. The first-order chi connectivity index (χ1) is 7.89. The van der Waals surface area contributed by atoms with Gasteiger partial charge < -0.3 is 4.74 Å². The van der Waals surface area contributed by atoms with Crippen LogP contribution < -0.4 is 0 Å². The number of hydrogen-bond acceptors (Lipinski definition) is 2. The fourth-order valence-electron chi connectivity index (χ4n) is 1.73. The maximum atomic E-state index is 11.5. The predicted octanol–water partition coefficient (Wildman–Crippen LogP) is 4.57. The third-order valence-electron chi connectivity index (χ3n) is 3.19. The molecule has 0 spiro atoms. The molecule has 0 aromatic carbocycles. The Balaban J connectivity index is 3.53. The van der Waals surface area contributed by atoms with Crippen molar-refractivity contribution < 1.29 is 9.53 Å². The summed E-state index contributed by atoms with van der Waals surface area (Å²) in [5.41, 5.74) is 0.374. The number of ether oxygens (including phenoxy) is 1. The van der Waals surface area contributed by atoms with Crippen LogP contribution in [-0.4, -0.2) is 12.6 Å². The quantitative estimate of drug-likeness (QED) is 0.460. The van der Waals surface area contributed by atoms with E-state index in [0.717, 1.165) is 25.7 Å². The number of esters is 1. The van der Waals surface area contributed by atoms with Gasteiger partial charge in [-0.15, -0.1) is 0 Å². The molecule has 0 aromatic heterocycles. The minimum atomic E-state index is -0.0224. The molecule has 0 amide bonds. The summed E-state index contributed by atoms with van der Waals surface area (Å²) in [6, 6.07) is 0. The SMILES string of the molecule is CCC(CC)COC(=O)CCCCC(C)(C)C. The molecule has 0 radical (unpaired) electrons. The molecule has 2 nitrogen and oxygen atoms in total. The van der Waals surface area contributed by atoms with Gasteiger partial charge in [0, 0.05) is 6.42 Å². The Kier molecular flexibility index (Phi) is 8.28. The molecular formula is C15H30O2. The topological polar surface area (TPSA) is 26.3 Å². The molecule has 0 saturated heterocycles. The second-order valence-corrected chi connectivity index (χ2v) is 6.13. The highest BCUT2D eigenvalue weighted by atomic mass is 16.5. The highest BCUT2D eigenvalue weighted by Gasteiger charge is 2.11. The van der Waals surface area contributed by atoms with Crippen LogP contribution in [0.4, 0.5) is 0 Å². The monoisotopic (exact) mass is 242 g/mol. The lowest BCUT2D eigenvalue weighted by Crippen LogP contribution is -2.13. The van der Waals surface area contributed by atoms with Gasteiger partial charge in [-0.1, -0.05) is 53.9 Å². The van der Waals surface area contributed by atoms with E-state index in [9.17, 15) is 4.79 Å². The third-order valence-corrected chi connectivity index (χ3v) is 3.19. The van der Waals surface area contributed by atoms with Gasteiger partial charge in [-0.2, -0.15) is 0 Å². The van der Waals surface area contributed by atoms with E-state index in [-0.39, 0.29) is 5.97 Å². The van der Waals surface area contributed by atoms with E-state index in [2.05, 4.69) is 34.6 Å². The Hall–Kier alpha value is -0.530. The van der Waals surface area contributed by atoms with Gasteiger partial charge in [-0.3, -0.25) is 4.79 Å². The molecule has 0 rings (SSSR count). The summed E-state index contributed by atoms with van der Waals surface area (Å²) < 4.78 is 5.28. The number of rotatable bonds is 8. The molecule has 0 heterocycles. The molecule has 17 heavy (non-hydrogen) atoms. The Morgan fingerprint density at radius 1 is 1.12 bits per heavy atom. The lowest BCUT2D eigenvalue weighted by molar-refractivity contribution is -0.145. The molecule has 0 atom stereocenters. The van der Waals surface area contributed by atoms with E-state index in [4.69, 9.17) is 4.74 Å². The fraction of sp³-hybridized carbons (Fsp3) is 0.933. The van der Waals surface area contributed by atoms with E-state index in [1.807, 2.05) is 0 Å². The van der Waals surface area contributed by atoms with Crippen molar-refractivity contribution in [2.24, 2.45) is 11.3 Å². The first-order valence-corrected chi connectivity index (χ1v) is 7.04. The van der Waals surface area contributed by atoms with E-state index in [0.29, 0.717) is 24.4 Å². The summed E-state index contributed by atoms with van der Waals surface area (Å²) in [6.45, 7) is 11.6. The van der Waals surface area contributed by atoms with Crippen LogP contribution in [0.15, 0.2) is 0 Å². The van der Waals surface area contributed by atoms with E-state index >= 15 is 0 Å². The van der Waals surface area contributed by atoms with Crippen LogP contribution in [0, 0.1) is 11.3 Å². The largest absolute Gasteiger partial charge is 0.465 e. The molecule has 0 bridgehead atoms. The summed E-state index contributed by atoms with van der Waals surface area (Å²) in [7, 11) is 0. The van der Waals surface area contributed by atoms with Crippen molar-refractivity contribution in [3.05, 3.63) is 0 Å². The first-order valence-electron chi connectivity index (χ1n) is 7.04. The van der Waals surface area contributed by atoms with Gasteiger partial charge in [-0.25, -0.2) is 0 Å². The predicted molar refractivity (Wildman–Crippen MR) is 73.0 cm³/mol. The van der Waals surface area contributed by atoms with Crippen LogP contribution in [0.3, 0.4) is 0 Å². The van der Waals surface area contributed by atoms with Gasteiger partial charge in [0.1, 0.15) is 0 Å².